The summed E-state index contributed by atoms with van der Waals surface area (Å²) in [6.07, 6.45) is 5.64. The van der Waals surface area contributed by atoms with Gasteiger partial charge in [0, 0.05) is 25.9 Å². The number of nitrogens with zero attached hydrogens (tertiary/aromatic N) is 2. The molecule has 2 heterocycles. The number of likely N-dealkylation sites (tertiary alicyclic amines) is 2. The van der Waals surface area contributed by atoms with Gasteiger partial charge in [0.25, 0.3) is 0 Å². The molecule has 25 heavy (non-hydrogen) atoms. The van der Waals surface area contributed by atoms with Crippen molar-refractivity contribution in [1.82, 2.24) is 9.80 Å². The van der Waals surface area contributed by atoms with Crippen molar-refractivity contribution in [2.45, 2.75) is 49.0 Å². The van der Waals surface area contributed by atoms with E-state index in [9.17, 15) is 19.2 Å². The monoisotopic (exact) mass is 384 g/mol. The average molecular weight is 385 g/mol. The average Bonchev–Trinajstić information content (AvgIpc) is 3.01. The van der Waals surface area contributed by atoms with Crippen LogP contribution in [-0.2, 0) is 19.2 Å². The van der Waals surface area contributed by atoms with E-state index < -0.39 is 0 Å². The van der Waals surface area contributed by atoms with Gasteiger partial charge in [-0.05, 0) is 24.5 Å². The van der Waals surface area contributed by atoms with Gasteiger partial charge in [-0.2, -0.15) is 11.8 Å². The van der Waals surface area contributed by atoms with Crippen molar-refractivity contribution >= 4 is 47.2 Å². The Morgan fingerprint density at radius 2 is 1.40 bits per heavy atom. The van der Waals surface area contributed by atoms with Crippen molar-refractivity contribution in [2.24, 2.45) is 0 Å². The third-order valence-corrected chi connectivity index (χ3v) is 6.29. The van der Waals surface area contributed by atoms with Gasteiger partial charge >= 0.3 is 0 Å². The van der Waals surface area contributed by atoms with E-state index in [1.165, 1.54) is 33.3 Å². The molecule has 0 bridgehead atoms. The highest BCUT2D eigenvalue weighted by Gasteiger charge is 2.38. The van der Waals surface area contributed by atoms with Crippen LogP contribution in [0, 0.1) is 0 Å². The summed E-state index contributed by atoms with van der Waals surface area (Å²) in [5, 5.41) is 1.06. The Labute approximate surface area is 156 Å². The Bertz CT molecular complexity index is 567. The first-order valence-corrected chi connectivity index (χ1v) is 10.7. The minimum absolute atomic E-state index is 0.0727. The van der Waals surface area contributed by atoms with Crippen molar-refractivity contribution in [1.29, 1.82) is 0 Å². The van der Waals surface area contributed by atoms with Gasteiger partial charge in [-0.1, -0.05) is 19.4 Å². The first kappa shape index (κ1) is 20.0. The quantitative estimate of drug-likeness (QED) is 0.424. The summed E-state index contributed by atoms with van der Waals surface area (Å²) in [5.74, 6) is -0.383. The Morgan fingerprint density at radius 3 is 1.84 bits per heavy atom. The van der Waals surface area contributed by atoms with Crippen molar-refractivity contribution < 1.29 is 19.2 Å². The molecule has 2 rings (SSSR count). The highest BCUT2D eigenvalue weighted by Crippen LogP contribution is 2.26. The second-order valence-electron chi connectivity index (χ2n) is 6.11. The maximum atomic E-state index is 12.1. The van der Waals surface area contributed by atoms with Crippen molar-refractivity contribution in [2.75, 3.05) is 19.3 Å². The van der Waals surface area contributed by atoms with Crippen molar-refractivity contribution in [3.05, 3.63) is 12.0 Å². The van der Waals surface area contributed by atoms with Crippen LogP contribution in [0.2, 0.25) is 0 Å². The van der Waals surface area contributed by atoms with E-state index in [-0.39, 0.29) is 40.5 Å². The van der Waals surface area contributed by atoms with E-state index in [0.29, 0.717) is 19.5 Å². The lowest BCUT2D eigenvalue weighted by Crippen LogP contribution is -2.32. The van der Waals surface area contributed by atoms with E-state index in [1.54, 1.807) is 5.41 Å². The summed E-state index contributed by atoms with van der Waals surface area (Å²) in [6, 6.07) is 0. The third kappa shape index (κ3) is 4.88. The van der Waals surface area contributed by atoms with Crippen LogP contribution in [0.25, 0.3) is 0 Å². The molecule has 6 nitrogen and oxygen atoms in total. The smallest absolute Gasteiger partial charge is 0.243 e. The number of thioether (sulfide) groups is 2. The number of carbonyl (C=O) groups excluding carboxylic acids is 4. The van der Waals surface area contributed by atoms with Crippen LogP contribution in [0.1, 0.15) is 38.5 Å². The van der Waals surface area contributed by atoms with Crippen molar-refractivity contribution in [3.63, 3.8) is 0 Å². The standard InChI is InChI=1S/C17H24N2O4S2/c1-3-25-13-11-15(21)19(17(13)23)9-7-5-4-6-8-18-14(20)10-12(24-2)16(18)22/h3,12-13H,1,4-11H2,2H3. The van der Waals surface area contributed by atoms with Crippen LogP contribution in [0.4, 0.5) is 0 Å². The van der Waals surface area contributed by atoms with E-state index in [0.717, 1.165) is 25.7 Å². The first-order valence-electron chi connectivity index (χ1n) is 8.47. The van der Waals surface area contributed by atoms with Gasteiger partial charge in [0.1, 0.15) is 0 Å². The van der Waals surface area contributed by atoms with Crippen molar-refractivity contribution in [3.8, 4) is 0 Å². The fraction of sp³-hybridized carbons (Fsp3) is 0.647. The van der Waals surface area contributed by atoms with Crippen LogP contribution in [0.15, 0.2) is 12.0 Å². The second-order valence-corrected chi connectivity index (χ2v) is 8.32. The molecule has 2 unspecified atom stereocenters. The van der Waals surface area contributed by atoms with Crippen LogP contribution in [-0.4, -0.2) is 63.3 Å². The lowest BCUT2D eigenvalue weighted by Gasteiger charge is -2.15. The molecule has 0 aliphatic carbocycles. The summed E-state index contributed by atoms with van der Waals surface area (Å²) in [6.45, 7) is 4.50. The zero-order chi connectivity index (χ0) is 18.4. The Kier molecular flexibility index (Phi) is 7.56. The topological polar surface area (TPSA) is 74.8 Å². The molecule has 0 N–H and O–H groups in total. The number of carbonyl (C=O) groups is 4. The molecule has 0 spiro atoms. The van der Waals surface area contributed by atoms with Gasteiger partial charge in [0.15, 0.2) is 0 Å². The van der Waals surface area contributed by atoms with Crippen LogP contribution in [0.5, 0.6) is 0 Å². The molecule has 2 aliphatic heterocycles. The number of hydrogen-bond acceptors (Lipinski definition) is 6. The largest absolute Gasteiger partial charge is 0.282 e. The van der Waals surface area contributed by atoms with E-state index in [4.69, 9.17) is 0 Å². The lowest BCUT2D eigenvalue weighted by atomic mass is 10.2. The molecule has 0 aromatic heterocycles. The molecule has 4 amide bonds. The number of imide groups is 2. The molecular formula is C17H24N2O4S2. The minimum atomic E-state index is -0.318. The maximum Gasteiger partial charge on any atom is 0.243 e. The Morgan fingerprint density at radius 1 is 0.920 bits per heavy atom. The molecule has 0 saturated carbocycles. The first-order chi connectivity index (χ1) is 12.0. The number of amides is 4. The third-order valence-electron chi connectivity index (χ3n) is 4.46. The van der Waals surface area contributed by atoms with Gasteiger partial charge in [-0.15, -0.1) is 11.8 Å². The molecule has 138 valence electrons. The predicted molar refractivity (Wildman–Crippen MR) is 100 cm³/mol. The van der Waals surface area contributed by atoms with Crippen LogP contribution < -0.4 is 0 Å². The number of unbranched alkanes of at least 4 members (excludes halogenated alkanes) is 3. The van der Waals surface area contributed by atoms with Crippen LogP contribution in [0.3, 0.4) is 0 Å². The predicted octanol–water partition coefficient (Wildman–Crippen LogP) is 2.04. The summed E-state index contributed by atoms with van der Waals surface area (Å²) in [5.41, 5.74) is 0. The zero-order valence-electron chi connectivity index (χ0n) is 14.4. The molecule has 2 atom stereocenters. The van der Waals surface area contributed by atoms with Gasteiger partial charge in [0.05, 0.1) is 10.5 Å². The van der Waals surface area contributed by atoms with Gasteiger partial charge in [0.2, 0.25) is 23.6 Å². The second kappa shape index (κ2) is 9.43. The molecular weight excluding hydrogens is 360 g/mol. The fourth-order valence-electron chi connectivity index (χ4n) is 3.08. The van der Waals surface area contributed by atoms with E-state index in [2.05, 4.69) is 6.58 Å². The summed E-state index contributed by atoms with van der Waals surface area (Å²) < 4.78 is 0. The van der Waals surface area contributed by atoms with E-state index in [1.807, 2.05) is 6.26 Å². The Hall–Kier alpha value is -1.28. The van der Waals surface area contributed by atoms with Crippen LogP contribution >= 0.6 is 23.5 Å². The lowest BCUT2D eigenvalue weighted by molar-refractivity contribution is -0.140. The highest BCUT2D eigenvalue weighted by molar-refractivity contribution is 8.03. The van der Waals surface area contributed by atoms with Gasteiger partial charge in [-0.3, -0.25) is 29.0 Å². The maximum absolute atomic E-state index is 12.1. The summed E-state index contributed by atoms with van der Waals surface area (Å²) in [4.78, 5) is 50.5. The highest BCUT2D eigenvalue weighted by atomic mass is 32.2. The molecule has 0 aromatic carbocycles. The zero-order valence-corrected chi connectivity index (χ0v) is 16.1. The van der Waals surface area contributed by atoms with Gasteiger partial charge in [-0.25, -0.2) is 0 Å². The number of rotatable bonds is 10. The normalized spacial score (nSPS) is 23.9. The summed E-state index contributed by atoms with van der Waals surface area (Å²) in [7, 11) is 0. The number of hydrogen-bond donors (Lipinski definition) is 0. The molecule has 8 heteroatoms. The minimum Gasteiger partial charge on any atom is -0.282 e. The SMILES string of the molecule is C=CSC1CC(=O)N(CCCCCCN2C(=O)CC(SC)C2=O)C1=O. The van der Waals surface area contributed by atoms with Gasteiger partial charge < -0.3 is 0 Å². The molecule has 0 radical (unpaired) electrons. The van der Waals surface area contributed by atoms with E-state index >= 15 is 0 Å². The Balaban J connectivity index is 1.63. The fourth-order valence-corrected chi connectivity index (χ4v) is 4.43. The molecule has 2 saturated heterocycles. The molecule has 0 aromatic rings. The summed E-state index contributed by atoms with van der Waals surface area (Å²) >= 11 is 2.72. The molecule has 2 fully saturated rings. The molecule has 2 aliphatic rings.